The van der Waals surface area contributed by atoms with E-state index in [1.807, 2.05) is 30.3 Å². The van der Waals surface area contributed by atoms with Crippen molar-refractivity contribution in [3.05, 3.63) is 51.5 Å². The molecule has 3 unspecified atom stereocenters. The molecule has 26 heavy (non-hydrogen) atoms. The summed E-state index contributed by atoms with van der Waals surface area (Å²) in [7, 11) is 0. The fourth-order valence-electron chi connectivity index (χ4n) is 4.17. The Morgan fingerprint density at radius 1 is 1.15 bits per heavy atom. The molecule has 0 aliphatic carbocycles. The molecular weight excluding hydrogens is 398 g/mol. The average molecular weight is 416 g/mol. The van der Waals surface area contributed by atoms with E-state index in [1.54, 1.807) is 6.92 Å². The van der Waals surface area contributed by atoms with Gasteiger partial charge in [0.25, 0.3) is 0 Å². The highest BCUT2D eigenvalue weighted by atomic mass is 79.9. The van der Waals surface area contributed by atoms with Crippen LogP contribution in [0, 0.1) is 5.92 Å². The van der Waals surface area contributed by atoms with Gasteiger partial charge in [0.15, 0.2) is 17.3 Å². The zero-order valence-corrected chi connectivity index (χ0v) is 15.8. The lowest BCUT2D eigenvalue weighted by Gasteiger charge is -2.37. The average Bonchev–Trinajstić information content (AvgIpc) is 3.29. The molecule has 3 aliphatic heterocycles. The fourth-order valence-corrected chi connectivity index (χ4v) is 4.74. The molecule has 0 bridgehead atoms. The largest absolute Gasteiger partial charge is 0.454 e. The van der Waals surface area contributed by atoms with Gasteiger partial charge in [-0.05, 0) is 49.2 Å². The molecule has 0 amide bonds. The first-order valence-corrected chi connectivity index (χ1v) is 9.53. The number of halogens is 1. The van der Waals surface area contributed by atoms with Gasteiger partial charge in [0.2, 0.25) is 6.79 Å². The van der Waals surface area contributed by atoms with Crippen molar-refractivity contribution >= 4 is 27.4 Å². The lowest BCUT2D eigenvalue weighted by Crippen LogP contribution is -2.29. The van der Waals surface area contributed by atoms with Crippen molar-refractivity contribution in [2.45, 2.75) is 25.5 Å². The molecule has 3 heterocycles. The van der Waals surface area contributed by atoms with Crippen LogP contribution in [0.15, 0.2) is 34.8 Å². The third kappa shape index (κ3) is 2.43. The number of hydrogen-bond donors (Lipinski definition) is 1. The third-order valence-corrected chi connectivity index (χ3v) is 6.15. The molecule has 0 aromatic heterocycles. The SMILES string of the molecule is CC(=O)c1ccc2c(c1)C1OCCC1C(c1cc3c(cc1Br)OCO3)N2. The summed E-state index contributed by atoms with van der Waals surface area (Å²) in [5.41, 5.74) is 3.96. The highest BCUT2D eigenvalue weighted by molar-refractivity contribution is 9.10. The van der Waals surface area contributed by atoms with Gasteiger partial charge < -0.3 is 19.5 Å². The molecule has 0 spiro atoms. The molecule has 5 rings (SSSR count). The van der Waals surface area contributed by atoms with Crippen molar-refractivity contribution < 1.29 is 19.0 Å². The van der Waals surface area contributed by atoms with Gasteiger partial charge in [-0.3, -0.25) is 4.79 Å². The van der Waals surface area contributed by atoms with Crippen LogP contribution in [0.1, 0.15) is 47.0 Å². The maximum atomic E-state index is 11.8. The number of ketones is 1. The normalized spacial score (nSPS) is 25.4. The summed E-state index contributed by atoms with van der Waals surface area (Å²) in [6, 6.07) is 9.94. The summed E-state index contributed by atoms with van der Waals surface area (Å²) in [4.78, 5) is 11.8. The molecule has 0 saturated carbocycles. The van der Waals surface area contributed by atoms with E-state index >= 15 is 0 Å². The van der Waals surface area contributed by atoms with Crippen LogP contribution in [0.5, 0.6) is 11.5 Å². The second-order valence-corrected chi connectivity index (χ2v) is 7.81. The van der Waals surface area contributed by atoms with Crippen molar-refractivity contribution in [1.82, 2.24) is 0 Å². The van der Waals surface area contributed by atoms with E-state index in [1.165, 1.54) is 0 Å². The number of benzene rings is 2. The lowest BCUT2D eigenvalue weighted by atomic mass is 9.80. The molecule has 0 radical (unpaired) electrons. The summed E-state index contributed by atoms with van der Waals surface area (Å²) in [6.45, 7) is 2.58. The van der Waals surface area contributed by atoms with Crippen LogP contribution in [0.4, 0.5) is 5.69 Å². The number of Topliss-reactive ketones (excluding diaryl/α,β-unsaturated/α-hetero) is 1. The zero-order chi connectivity index (χ0) is 17.8. The summed E-state index contributed by atoms with van der Waals surface area (Å²) in [6.07, 6.45) is 0.959. The van der Waals surface area contributed by atoms with Crippen LogP contribution in [-0.4, -0.2) is 19.2 Å². The fraction of sp³-hybridized carbons (Fsp3) is 0.350. The van der Waals surface area contributed by atoms with Crippen LogP contribution >= 0.6 is 15.9 Å². The summed E-state index contributed by atoms with van der Waals surface area (Å²) >= 11 is 3.69. The van der Waals surface area contributed by atoms with Gasteiger partial charge in [-0.2, -0.15) is 0 Å². The molecule has 1 fully saturated rings. The van der Waals surface area contributed by atoms with Gasteiger partial charge in [-0.25, -0.2) is 0 Å². The molecular formula is C20H18BrNO4. The number of rotatable bonds is 2. The quantitative estimate of drug-likeness (QED) is 0.724. The Labute approximate surface area is 159 Å². The zero-order valence-electron chi connectivity index (χ0n) is 14.3. The minimum atomic E-state index is -0.00660. The minimum absolute atomic E-state index is 0.00660. The van der Waals surface area contributed by atoms with E-state index in [0.29, 0.717) is 5.92 Å². The summed E-state index contributed by atoms with van der Waals surface area (Å²) in [5.74, 6) is 1.91. The molecule has 1 N–H and O–H groups in total. The van der Waals surface area contributed by atoms with Crippen molar-refractivity contribution in [3.8, 4) is 11.5 Å². The van der Waals surface area contributed by atoms with E-state index in [2.05, 4.69) is 21.2 Å². The smallest absolute Gasteiger partial charge is 0.231 e. The van der Waals surface area contributed by atoms with E-state index in [0.717, 1.165) is 51.4 Å². The Morgan fingerprint density at radius 3 is 2.77 bits per heavy atom. The number of carbonyl (C=O) groups is 1. The molecule has 2 aromatic rings. The molecule has 2 aromatic carbocycles. The highest BCUT2D eigenvalue weighted by Gasteiger charge is 2.42. The first-order valence-electron chi connectivity index (χ1n) is 8.74. The topological polar surface area (TPSA) is 56.8 Å². The first-order chi connectivity index (χ1) is 12.6. The van der Waals surface area contributed by atoms with Crippen LogP contribution in [-0.2, 0) is 4.74 Å². The summed E-state index contributed by atoms with van der Waals surface area (Å²) < 4.78 is 18.1. The van der Waals surface area contributed by atoms with Crippen molar-refractivity contribution in [2.24, 2.45) is 5.92 Å². The van der Waals surface area contributed by atoms with Gasteiger partial charge in [0, 0.05) is 33.8 Å². The number of anilines is 1. The maximum Gasteiger partial charge on any atom is 0.231 e. The predicted molar refractivity (Wildman–Crippen MR) is 99.9 cm³/mol. The van der Waals surface area contributed by atoms with Gasteiger partial charge >= 0.3 is 0 Å². The third-order valence-electron chi connectivity index (χ3n) is 5.47. The van der Waals surface area contributed by atoms with E-state index in [4.69, 9.17) is 14.2 Å². The molecule has 6 heteroatoms. The van der Waals surface area contributed by atoms with Gasteiger partial charge in [-0.1, -0.05) is 15.9 Å². The number of fused-ring (bicyclic) bond motifs is 4. The van der Waals surface area contributed by atoms with Crippen molar-refractivity contribution in [3.63, 3.8) is 0 Å². The van der Waals surface area contributed by atoms with Crippen molar-refractivity contribution in [1.29, 1.82) is 0 Å². The molecule has 3 atom stereocenters. The van der Waals surface area contributed by atoms with Crippen LogP contribution in [0.25, 0.3) is 0 Å². The van der Waals surface area contributed by atoms with Gasteiger partial charge in [-0.15, -0.1) is 0 Å². The second kappa shape index (κ2) is 5.99. The van der Waals surface area contributed by atoms with E-state index in [-0.39, 0.29) is 24.7 Å². The minimum Gasteiger partial charge on any atom is -0.454 e. The standard InChI is InChI=1S/C20H18BrNO4/c1-10(23)11-2-3-16-14(6-11)20-12(4-5-24-20)19(22-16)13-7-17-18(8-15(13)21)26-9-25-17/h2-3,6-8,12,19-20,22H,4-5,9H2,1H3. The lowest BCUT2D eigenvalue weighted by molar-refractivity contribution is 0.0827. The highest BCUT2D eigenvalue weighted by Crippen LogP contribution is 2.52. The molecule has 1 saturated heterocycles. The van der Waals surface area contributed by atoms with Gasteiger partial charge in [0.1, 0.15) is 0 Å². The predicted octanol–water partition coefficient (Wildman–Crippen LogP) is 4.62. The van der Waals surface area contributed by atoms with E-state index in [9.17, 15) is 4.79 Å². The number of ether oxygens (including phenoxy) is 3. The van der Waals surface area contributed by atoms with Gasteiger partial charge in [0.05, 0.1) is 12.1 Å². The van der Waals surface area contributed by atoms with Crippen molar-refractivity contribution in [2.75, 3.05) is 18.7 Å². The number of carbonyl (C=O) groups excluding carboxylic acids is 1. The maximum absolute atomic E-state index is 11.8. The Bertz CT molecular complexity index is 913. The Morgan fingerprint density at radius 2 is 1.96 bits per heavy atom. The van der Waals surface area contributed by atoms with Crippen LogP contribution in [0.3, 0.4) is 0 Å². The summed E-state index contributed by atoms with van der Waals surface area (Å²) in [5, 5.41) is 3.67. The number of nitrogens with one attached hydrogen (secondary N) is 1. The second-order valence-electron chi connectivity index (χ2n) is 6.95. The number of hydrogen-bond acceptors (Lipinski definition) is 5. The molecule has 3 aliphatic rings. The molecule has 134 valence electrons. The Hall–Kier alpha value is -2.05. The Kier molecular flexibility index (Phi) is 3.72. The van der Waals surface area contributed by atoms with Crippen LogP contribution < -0.4 is 14.8 Å². The first kappa shape index (κ1) is 16.1. The van der Waals surface area contributed by atoms with Crippen LogP contribution in [0.2, 0.25) is 0 Å². The molecule has 5 nitrogen and oxygen atoms in total. The monoisotopic (exact) mass is 415 g/mol. The Balaban J connectivity index is 1.59. The van der Waals surface area contributed by atoms with E-state index < -0.39 is 0 Å².